The highest BCUT2D eigenvalue weighted by Gasteiger charge is 2.06. The molecule has 0 spiro atoms. The van der Waals surface area contributed by atoms with Crippen molar-refractivity contribution in [3.8, 4) is 5.75 Å². The smallest absolute Gasteiger partial charge is 0.344 e. The topological polar surface area (TPSA) is 47.9 Å². The number of ether oxygens (including phenoxy) is 2. The molecular weight excluding hydrogens is 302 g/mol. The van der Waals surface area contributed by atoms with E-state index in [9.17, 15) is 4.79 Å². The van der Waals surface area contributed by atoms with E-state index in [1.165, 1.54) is 5.56 Å². The Morgan fingerprint density at radius 2 is 1.83 bits per heavy atom. The van der Waals surface area contributed by atoms with Crippen LogP contribution in [0.1, 0.15) is 30.5 Å². The highest BCUT2D eigenvalue weighted by Crippen LogP contribution is 2.20. The maximum atomic E-state index is 11.4. The first kappa shape index (κ1) is 17.7. The van der Waals surface area contributed by atoms with E-state index >= 15 is 0 Å². The summed E-state index contributed by atoms with van der Waals surface area (Å²) in [6, 6.07) is 13.6. The second-order valence-corrected chi connectivity index (χ2v) is 5.94. The summed E-state index contributed by atoms with van der Waals surface area (Å²) >= 11 is 0. The van der Waals surface area contributed by atoms with Crippen LogP contribution in [0.2, 0.25) is 0 Å². The van der Waals surface area contributed by atoms with Gasteiger partial charge in [-0.3, -0.25) is 4.99 Å². The first-order valence-corrected chi connectivity index (χ1v) is 7.97. The average molecular weight is 325 g/mol. The zero-order valence-electron chi connectivity index (χ0n) is 14.6. The van der Waals surface area contributed by atoms with Crippen molar-refractivity contribution in [3.63, 3.8) is 0 Å². The van der Waals surface area contributed by atoms with Crippen molar-refractivity contribution in [1.29, 1.82) is 0 Å². The Labute approximate surface area is 143 Å². The maximum absolute atomic E-state index is 11.4. The molecule has 0 bridgehead atoms. The quantitative estimate of drug-likeness (QED) is 0.585. The number of hydrogen-bond donors (Lipinski definition) is 0. The molecule has 4 nitrogen and oxygen atoms in total. The fourth-order valence-electron chi connectivity index (χ4n) is 2.09. The minimum atomic E-state index is -0.370. The molecule has 0 N–H and O–H groups in total. The molecule has 0 amide bonds. The standard InChI is InChI=1S/C20H23NO3/c1-14(2)24-20(22)13-23-18-9-7-17(8-10-18)12-21-19-11-15(3)5-6-16(19)4/h5-12,14H,13H2,1-4H3. The van der Waals surface area contributed by atoms with E-state index in [4.69, 9.17) is 9.47 Å². The first-order valence-electron chi connectivity index (χ1n) is 7.97. The highest BCUT2D eigenvalue weighted by molar-refractivity contribution is 5.82. The van der Waals surface area contributed by atoms with Crippen molar-refractivity contribution in [1.82, 2.24) is 0 Å². The van der Waals surface area contributed by atoms with Crippen LogP contribution in [0.15, 0.2) is 47.5 Å². The van der Waals surface area contributed by atoms with Crippen LogP contribution in [-0.4, -0.2) is 24.9 Å². The molecule has 0 aliphatic carbocycles. The largest absolute Gasteiger partial charge is 0.482 e. The van der Waals surface area contributed by atoms with Gasteiger partial charge < -0.3 is 9.47 Å². The van der Waals surface area contributed by atoms with Gasteiger partial charge in [-0.15, -0.1) is 0 Å². The third kappa shape index (κ3) is 5.54. The molecule has 0 aromatic heterocycles. The van der Waals surface area contributed by atoms with Crippen molar-refractivity contribution >= 4 is 17.9 Å². The second-order valence-electron chi connectivity index (χ2n) is 5.94. The van der Waals surface area contributed by atoms with Gasteiger partial charge in [0.05, 0.1) is 11.8 Å². The molecule has 0 atom stereocenters. The van der Waals surface area contributed by atoms with Crippen LogP contribution in [0.4, 0.5) is 5.69 Å². The van der Waals surface area contributed by atoms with Crippen molar-refractivity contribution in [2.75, 3.05) is 6.61 Å². The van der Waals surface area contributed by atoms with Gasteiger partial charge in [-0.05, 0) is 74.7 Å². The lowest BCUT2D eigenvalue weighted by atomic mass is 10.1. The molecule has 2 rings (SSSR count). The van der Waals surface area contributed by atoms with Gasteiger partial charge in [0, 0.05) is 6.21 Å². The van der Waals surface area contributed by atoms with E-state index in [0.717, 1.165) is 16.8 Å². The number of esters is 1. The summed E-state index contributed by atoms with van der Waals surface area (Å²) in [6.07, 6.45) is 1.68. The molecule has 2 aromatic rings. The molecule has 0 radical (unpaired) electrons. The van der Waals surface area contributed by atoms with Gasteiger partial charge in [0.2, 0.25) is 0 Å². The van der Waals surface area contributed by atoms with Crippen LogP contribution in [0.3, 0.4) is 0 Å². The van der Waals surface area contributed by atoms with E-state index in [2.05, 4.69) is 30.1 Å². The van der Waals surface area contributed by atoms with Crippen molar-refractivity contribution < 1.29 is 14.3 Å². The molecule has 0 unspecified atom stereocenters. The lowest BCUT2D eigenvalue weighted by Crippen LogP contribution is -2.18. The lowest BCUT2D eigenvalue weighted by Gasteiger charge is -2.09. The molecule has 126 valence electrons. The van der Waals surface area contributed by atoms with Crippen LogP contribution >= 0.6 is 0 Å². The summed E-state index contributed by atoms with van der Waals surface area (Å²) < 4.78 is 10.4. The third-order valence-corrected chi connectivity index (χ3v) is 3.32. The van der Waals surface area contributed by atoms with Crippen LogP contribution < -0.4 is 4.74 Å². The van der Waals surface area contributed by atoms with Gasteiger partial charge in [0.15, 0.2) is 6.61 Å². The SMILES string of the molecule is Cc1ccc(C)c(N=Cc2ccc(OCC(=O)OC(C)C)cc2)c1. The summed E-state index contributed by atoms with van der Waals surface area (Å²) in [6.45, 7) is 7.62. The molecular formula is C20H23NO3. The van der Waals surface area contributed by atoms with E-state index in [-0.39, 0.29) is 18.7 Å². The zero-order valence-corrected chi connectivity index (χ0v) is 14.6. The summed E-state index contributed by atoms with van der Waals surface area (Å²) in [4.78, 5) is 16.0. The number of carbonyl (C=O) groups is 1. The van der Waals surface area contributed by atoms with Gasteiger partial charge in [0.25, 0.3) is 0 Å². The van der Waals surface area contributed by atoms with E-state index in [1.54, 1.807) is 0 Å². The summed E-state index contributed by atoms with van der Waals surface area (Å²) in [5.74, 6) is 0.255. The van der Waals surface area contributed by atoms with Gasteiger partial charge >= 0.3 is 5.97 Å². The molecule has 4 heteroatoms. The summed E-state index contributed by atoms with van der Waals surface area (Å²) in [5, 5.41) is 0. The Morgan fingerprint density at radius 1 is 1.12 bits per heavy atom. The highest BCUT2D eigenvalue weighted by atomic mass is 16.6. The Balaban J connectivity index is 1.95. The fourth-order valence-corrected chi connectivity index (χ4v) is 2.09. The van der Waals surface area contributed by atoms with Crippen LogP contribution in [-0.2, 0) is 9.53 Å². The van der Waals surface area contributed by atoms with E-state index < -0.39 is 0 Å². The van der Waals surface area contributed by atoms with Gasteiger partial charge in [-0.2, -0.15) is 0 Å². The lowest BCUT2D eigenvalue weighted by molar-refractivity contribution is -0.149. The van der Waals surface area contributed by atoms with E-state index in [1.807, 2.05) is 51.3 Å². The average Bonchev–Trinajstić information content (AvgIpc) is 2.54. The summed E-state index contributed by atoms with van der Waals surface area (Å²) in [5.41, 5.74) is 4.25. The number of benzene rings is 2. The molecule has 2 aromatic carbocycles. The molecule has 0 saturated carbocycles. The second kappa shape index (κ2) is 8.29. The molecule has 0 aliphatic heterocycles. The molecule has 24 heavy (non-hydrogen) atoms. The minimum Gasteiger partial charge on any atom is -0.482 e. The predicted molar refractivity (Wildman–Crippen MR) is 96.3 cm³/mol. The monoisotopic (exact) mass is 325 g/mol. The normalized spacial score (nSPS) is 11.0. The molecule has 0 fully saturated rings. The molecule has 0 aliphatic rings. The van der Waals surface area contributed by atoms with E-state index in [0.29, 0.717) is 5.75 Å². The minimum absolute atomic E-state index is 0.0892. The number of hydrogen-bond acceptors (Lipinski definition) is 4. The number of aryl methyl sites for hydroxylation is 2. The Hall–Kier alpha value is -2.62. The number of rotatable bonds is 6. The predicted octanol–water partition coefficient (Wildman–Crippen LogP) is 4.38. The van der Waals surface area contributed by atoms with Crippen LogP contribution in [0.25, 0.3) is 0 Å². The maximum Gasteiger partial charge on any atom is 0.344 e. The summed E-state index contributed by atoms with van der Waals surface area (Å²) in [7, 11) is 0. The Morgan fingerprint density at radius 3 is 2.50 bits per heavy atom. The number of carbonyl (C=O) groups excluding carboxylic acids is 1. The molecule has 0 heterocycles. The van der Waals surface area contributed by atoms with Crippen LogP contribution in [0.5, 0.6) is 5.75 Å². The Kier molecular flexibility index (Phi) is 6.13. The molecule has 0 saturated heterocycles. The van der Waals surface area contributed by atoms with Crippen molar-refractivity contribution in [2.24, 2.45) is 4.99 Å². The fraction of sp³-hybridized carbons (Fsp3) is 0.300. The zero-order chi connectivity index (χ0) is 17.5. The van der Waals surface area contributed by atoms with Crippen molar-refractivity contribution in [2.45, 2.75) is 33.8 Å². The first-order chi connectivity index (χ1) is 11.4. The van der Waals surface area contributed by atoms with Gasteiger partial charge in [-0.25, -0.2) is 4.79 Å². The van der Waals surface area contributed by atoms with Crippen molar-refractivity contribution in [3.05, 3.63) is 59.2 Å². The number of aliphatic imine (C=N–C) groups is 1. The number of nitrogens with zero attached hydrogens (tertiary/aromatic N) is 1. The van der Waals surface area contributed by atoms with Crippen LogP contribution in [0, 0.1) is 13.8 Å². The van der Waals surface area contributed by atoms with Gasteiger partial charge in [-0.1, -0.05) is 12.1 Å². The Bertz CT molecular complexity index is 718. The van der Waals surface area contributed by atoms with Gasteiger partial charge in [0.1, 0.15) is 5.75 Å². The third-order valence-electron chi connectivity index (χ3n) is 3.32.